The van der Waals surface area contributed by atoms with E-state index in [9.17, 15) is 14.7 Å². The minimum atomic E-state index is -0.234. The van der Waals surface area contributed by atoms with Crippen molar-refractivity contribution in [1.29, 1.82) is 0 Å². The number of fused-ring (bicyclic) bond motifs is 1. The van der Waals surface area contributed by atoms with Crippen molar-refractivity contribution in [3.8, 4) is 0 Å². The fourth-order valence-corrected chi connectivity index (χ4v) is 3.92. The highest BCUT2D eigenvalue weighted by Crippen LogP contribution is 2.29. The third kappa shape index (κ3) is 3.40. The lowest BCUT2D eigenvalue weighted by atomic mass is 10.1. The van der Waals surface area contributed by atoms with Gasteiger partial charge in [0, 0.05) is 30.0 Å². The Hall–Kier alpha value is -2.86. The van der Waals surface area contributed by atoms with E-state index in [1.807, 2.05) is 24.3 Å². The summed E-state index contributed by atoms with van der Waals surface area (Å²) in [5.74, 6) is -0.0644. The van der Waals surface area contributed by atoms with Gasteiger partial charge in [0.2, 0.25) is 0 Å². The Bertz CT molecular complexity index is 867. The minimum Gasteiger partial charge on any atom is -0.394 e. The number of anilines is 2. The molecule has 0 aliphatic carbocycles. The van der Waals surface area contributed by atoms with Gasteiger partial charge in [-0.1, -0.05) is 24.3 Å². The predicted molar refractivity (Wildman–Crippen MR) is 104 cm³/mol. The quantitative estimate of drug-likeness (QED) is 0.878. The maximum absolute atomic E-state index is 13.0. The first-order valence-corrected chi connectivity index (χ1v) is 9.35. The molecule has 0 radical (unpaired) electrons. The van der Waals surface area contributed by atoms with Gasteiger partial charge in [0.1, 0.15) is 0 Å². The van der Waals surface area contributed by atoms with Gasteiger partial charge in [-0.3, -0.25) is 4.79 Å². The molecule has 6 heteroatoms. The zero-order valence-corrected chi connectivity index (χ0v) is 15.1. The molecule has 140 valence electrons. The van der Waals surface area contributed by atoms with Crippen LogP contribution in [-0.2, 0) is 6.42 Å². The van der Waals surface area contributed by atoms with Crippen LogP contribution in [-0.4, -0.2) is 47.7 Å². The smallest absolute Gasteiger partial charge is 0.322 e. The van der Waals surface area contributed by atoms with Gasteiger partial charge in [0.15, 0.2) is 0 Å². The summed E-state index contributed by atoms with van der Waals surface area (Å²) < 4.78 is 0. The molecule has 1 atom stereocenters. The number of para-hydroxylation sites is 1. The first-order valence-electron chi connectivity index (χ1n) is 9.35. The van der Waals surface area contributed by atoms with Gasteiger partial charge in [-0.25, -0.2) is 4.79 Å². The first kappa shape index (κ1) is 17.5. The average Bonchev–Trinajstić information content (AvgIpc) is 3.34. The molecular formula is C21H23N3O3. The van der Waals surface area contributed by atoms with E-state index in [1.54, 1.807) is 34.1 Å². The summed E-state index contributed by atoms with van der Waals surface area (Å²) in [5, 5.41) is 12.3. The molecule has 6 nitrogen and oxygen atoms in total. The highest BCUT2D eigenvalue weighted by atomic mass is 16.3. The number of aliphatic hydroxyl groups is 1. The number of carbonyl (C=O) groups excluding carboxylic acids is 2. The van der Waals surface area contributed by atoms with Gasteiger partial charge in [-0.15, -0.1) is 0 Å². The van der Waals surface area contributed by atoms with Crippen molar-refractivity contribution >= 4 is 23.3 Å². The summed E-state index contributed by atoms with van der Waals surface area (Å²) in [7, 11) is 0. The van der Waals surface area contributed by atoms with Gasteiger partial charge in [0.05, 0.1) is 12.6 Å². The Kier molecular flexibility index (Phi) is 4.81. The molecule has 1 saturated heterocycles. The van der Waals surface area contributed by atoms with Crippen LogP contribution in [0.25, 0.3) is 0 Å². The molecule has 0 aromatic heterocycles. The molecule has 2 aromatic rings. The first-order chi connectivity index (χ1) is 13.2. The van der Waals surface area contributed by atoms with Crippen LogP contribution in [0.5, 0.6) is 0 Å². The van der Waals surface area contributed by atoms with E-state index >= 15 is 0 Å². The van der Waals surface area contributed by atoms with Crippen LogP contribution in [0.15, 0.2) is 48.5 Å². The van der Waals surface area contributed by atoms with Crippen molar-refractivity contribution in [3.05, 3.63) is 59.7 Å². The summed E-state index contributed by atoms with van der Waals surface area (Å²) in [6.07, 6.45) is 2.57. The number of hydrogen-bond acceptors (Lipinski definition) is 3. The zero-order chi connectivity index (χ0) is 18.8. The number of aliphatic hydroxyl groups excluding tert-OH is 1. The van der Waals surface area contributed by atoms with E-state index in [4.69, 9.17) is 0 Å². The fraction of sp³-hybridized carbons (Fsp3) is 0.333. The molecule has 2 heterocycles. The molecule has 0 unspecified atom stereocenters. The Labute approximate surface area is 158 Å². The lowest BCUT2D eigenvalue weighted by molar-refractivity contribution is 0.0989. The highest BCUT2D eigenvalue weighted by Gasteiger charge is 2.28. The number of amides is 3. The minimum absolute atomic E-state index is 0.0275. The van der Waals surface area contributed by atoms with Crippen LogP contribution in [0.3, 0.4) is 0 Å². The third-order valence-corrected chi connectivity index (χ3v) is 5.34. The van der Waals surface area contributed by atoms with Gasteiger partial charge < -0.3 is 20.2 Å². The van der Waals surface area contributed by atoms with E-state index in [1.165, 1.54) is 5.56 Å². The van der Waals surface area contributed by atoms with Gasteiger partial charge >= 0.3 is 6.03 Å². The molecule has 2 aliphatic rings. The molecule has 0 saturated carbocycles. The number of nitrogens with zero attached hydrogens (tertiary/aromatic N) is 2. The summed E-state index contributed by atoms with van der Waals surface area (Å²) >= 11 is 0. The number of benzene rings is 2. The number of hydrogen-bond donors (Lipinski definition) is 2. The second-order valence-corrected chi connectivity index (χ2v) is 7.02. The zero-order valence-electron chi connectivity index (χ0n) is 15.1. The maximum Gasteiger partial charge on any atom is 0.322 e. The largest absolute Gasteiger partial charge is 0.394 e. The van der Waals surface area contributed by atoms with Crippen molar-refractivity contribution in [3.63, 3.8) is 0 Å². The van der Waals surface area contributed by atoms with Crippen LogP contribution in [0.4, 0.5) is 16.2 Å². The maximum atomic E-state index is 13.0. The number of urea groups is 1. The molecule has 2 aromatic carbocycles. The van der Waals surface area contributed by atoms with Crippen LogP contribution in [0.2, 0.25) is 0 Å². The van der Waals surface area contributed by atoms with Crippen molar-refractivity contribution in [2.24, 2.45) is 0 Å². The lowest BCUT2D eigenvalue weighted by Crippen LogP contribution is -2.40. The van der Waals surface area contributed by atoms with E-state index in [-0.39, 0.29) is 24.6 Å². The van der Waals surface area contributed by atoms with E-state index in [0.717, 1.165) is 24.9 Å². The van der Waals surface area contributed by atoms with Gasteiger partial charge in [-0.05, 0) is 49.1 Å². The average molecular weight is 365 g/mol. The second kappa shape index (κ2) is 7.40. The topological polar surface area (TPSA) is 72.9 Å². The van der Waals surface area contributed by atoms with Crippen LogP contribution in [0, 0.1) is 0 Å². The number of rotatable bonds is 3. The molecular weight excluding hydrogens is 342 g/mol. The van der Waals surface area contributed by atoms with Gasteiger partial charge in [0.25, 0.3) is 5.91 Å². The number of likely N-dealkylation sites (tertiary alicyclic amines) is 1. The Balaban J connectivity index is 1.50. The molecule has 1 fully saturated rings. The molecule has 3 amide bonds. The van der Waals surface area contributed by atoms with Crippen molar-refractivity contribution in [1.82, 2.24) is 4.90 Å². The van der Waals surface area contributed by atoms with Crippen LogP contribution < -0.4 is 10.2 Å². The van der Waals surface area contributed by atoms with Gasteiger partial charge in [-0.2, -0.15) is 0 Å². The second-order valence-electron chi connectivity index (χ2n) is 7.02. The summed E-state index contributed by atoms with van der Waals surface area (Å²) in [6.45, 7) is 1.28. The van der Waals surface area contributed by atoms with E-state index in [0.29, 0.717) is 24.3 Å². The molecule has 0 spiro atoms. The third-order valence-electron chi connectivity index (χ3n) is 5.34. The Morgan fingerprint density at radius 3 is 2.81 bits per heavy atom. The monoisotopic (exact) mass is 365 g/mol. The van der Waals surface area contributed by atoms with E-state index < -0.39 is 0 Å². The molecule has 0 bridgehead atoms. The normalized spacial score (nSPS) is 18.5. The predicted octanol–water partition coefficient (Wildman–Crippen LogP) is 2.88. The highest BCUT2D eigenvalue weighted by molar-refractivity contribution is 6.08. The Morgan fingerprint density at radius 1 is 1.11 bits per heavy atom. The van der Waals surface area contributed by atoms with Crippen molar-refractivity contribution in [2.45, 2.75) is 25.3 Å². The summed E-state index contributed by atoms with van der Waals surface area (Å²) in [5.41, 5.74) is 3.27. The number of carbonyl (C=O) groups is 2. The van der Waals surface area contributed by atoms with Crippen molar-refractivity contribution in [2.75, 3.05) is 29.9 Å². The van der Waals surface area contributed by atoms with E-state index in [2.05, 4.69) is 5.32 Å². The van der Waals surface area contributed by atoms with Crippen LogP contribution >= 0.6 is 0 Å². The SMILES string of the molecule is O=C(c1cccc(NC(=O)N2CCC[C@H]2CO)c1)N1CCc2ccccc21. The molecule has 4 rings (SSSR count). The summed E-state index contributed by atoms with van der Waals surface area (Å²) in [6, 6.07) is 14.6. The standard InChI is InChI=1S/C21H23N3O3/c25-14-18-8-4-11-23(18)21(27)22-17-7-3-6-16(13-17)20(26)24-12-10-15-5-1-2-9-19(15)24/h1-3,5-7,9,13,18,25H,4,8,10-12,14H2,(H,22,27)/t18-/m0/s1. The van der Waals surface area contributed by atoms with Crippen molar-refractivity contribution < 1.29 is 14.7 Å². The fourth-order valence-electron chi connectivity index (χ4n) is 3.92. The molecule has 27 heavy (non-hydrogen) atoms. The Morgan fingerprint density at radius 2 is 1.96 bits per heavy atom. The molecule has 2 aliphatic heterocycles. The van der Waals surface area contributed by atoms with Crippen LogP contribution in [0.1, 0.15) is 28.8 Å². The molecule has 2 N–H and O–H groups in total. The lowest BCUT2D eigenvalue weighted by Gasteiger charge is -2.23. The summed E-state index contributed by atoms with van der Waals surface area (Å²) in [4.78, 5) is 28.9. The number of nitrogens with one attached hydrogen (secondary N) is 1.